The van der Waals surface area contributed by atoms with Crippen molar-refractivity contribution < 1.29 is 45.7 Å². The topological polar surface area (TPSA) is 93.2 Å². The summed E-state index contributed by atoms with van der Waals surface area (Å²) in [4.78, 5) is 31.0. The van der Waals surface area contributed by atoms with Gasteiger partial charge in [0.2, 0.25) is 0 Å². The molecule has 0 aliphatic carbocycles. The third kappa shape index (κ3) is 9.52. The van der Waals surface area contributed by atoms with Crippen molar-refractivity contribution in [1.82, 2.24) is 0 Å². The number of hydrogen-bond acceptors (Lipinski definition) is 8. The van der Waals surface area contributed by atoms with Gasteiger partial charge in [-0.25, -0.2) is 0 Å². The van der Waals surface area contributed by atoms with Gasteiger partial charge in [0.1, 0.15) is 11.5 Å². The van der Waals surface area contributed by atoms with Crippen LogP contribution >= 0.6 is 0 Å². The summed E-state index contributed by atoms with van der Waals surface area (Å²) in [5.74, 6) is 2.26. The van der Waals surface area contributed by atoms with E-state index in [-0.39, 0.29) is 17.1 Å². The van der Waals surface area contributed by atoms with Crippen molar-refractivity contribution in [3.8, 4) is 11.5 Å². The van der Waals surface area contributed by atoms with Crippen molar-refractivity contribution in [2.45, 2.75) is 33.9 Å². The van der Waals surface area contributed by atoms with Crippen LogP contribution in [0.1, 0.15) is 22.3 Å². The molecule has 0 N–H and O–H groups in total. The monoisotopic (exact) mass is 633 g/mol. The molecule has 1 unspecified atom stereocenters. The molecule has 9 heteroatoms. The maximum Gasteiger partial charge on any atom is 5.00 e. The summed E-state index contributed by atoms with van der Waals surface area (Å²) in [5, 5.41) is 4.13. The van der Waals surface area contributed by atoms with Crippen LogP contribution in [0, 0.1) is 33.8 Å². The number of benzene rings is 4. The van der Waals surface area contributed by atoms with Crippen LogP contribution in [0.2, 0.25) is 0 Å². The fourth-order valence-corrected chi connectivity index (χ4v) is 4.38. The molecule has 0 fully saturated rings. The first-order chi connectivity index (χ1) is 21.0. The third-order valence-corrected chi connectivity index (χ3v) is 6.14. The second-order valence-corrected chi connectivity index (χ2v) is 8.79. The smallest absolute Gasteiger partial charge is 0.545 e. The summed E-state index contributed by atoms with van der Waals surface area (Å²) in [6, 6.07) is 32.7. The van der Waals surface area contributed by atoms with Gasteiger partial charge >= 0.3 is 17.1 Å². The molecule has 4 aromatic carbocycles. The van der Waals surface area contributed by atoms with Crippen molar-refractivity contribution in [2.75, 3.05) is 10.0 Å². The van der Waals surface area contributed by atoms with Crippen molar-refractivity contribution in [2.24, 2.45) is 0 Å². The number of ether oxygens (including phenoxy) is 2. The van der Waals surface area contributed by atoms with Crippen LogP contribution in [-0.2, 0) is 36.2 Å². The van der Waals surface area contributed by atoms with Crippen molar-refractivity contribution in [1.29, 1.82) is 0 Å². The first kappa shape index (κ1) is 39.0. The Balaban J connectivity index is 0.00000190. The Hall–Kier alpha value is -4.98. The Bertz CT molecular complexity index is 1390. The Morgan fingerprint density at radius 1 is 0.545 bits per heavy atom. The predicted octanol–water partition coefficient (Wildman–Crippen LogP) is 6.19. The predicted molar refractivity (Wildman–Crippen MR) is 168 cm³/mol. The average molecular weight is 634 g/mol. The minimum Gasteiger partial charge on any atom is -0.545 e. The molecule has 0 saturated carbocycles. The maximum absolute atomic E-state index is 7.75. The molecule has 0 saturated heterocycles. The standard InChI is InChI=1S/C31H29N2O2.4CHO.Fe/c1-22-13-11-14-23(2)30(22)34-28-21-29(35-31-24(3)15-12-16-25(31)4)33(27-19-9-6-10-20-27)32(28)26-17-7-5-8-18-26;4*1-2;/h5-20,28H,1-4H3;4*1H;/q5*-1;+5. The van der Waals surface area contributed by atoms with Crippen molar-refractivity contribution in [3.05, 3.63) is 131 Å². The zero-order valence-corrected chi connectivity index (χ0v) is 25.9. The van der Waals surface area contributed by atoms with Gasteiger partial charge in [0.25, 0.3) is 0 Å². The molecule has 1 aliphatic heterocycles. The summed E-state index contributed by atoms with van der Waals surface area (Å²) >= 11 is 0. The van der Waals surface area contributed by atoms with Gasteiger partial charge in [-0.15, -0.1) is 0 Å². The molecule has 4 aromatic rings. The quantitative estimate of drug-likeness (QED) is 0.141. The van der Waals surface area contributed by atoms with Gasteiger partial charge < -0.3 is 34.7 Å². The van der Waals surface area contributed by atoms with E-state index >= 15 is 0 Å². The van der Waals surface area contributed by atoms with E-state index in [2.05, 4.69) is 114 Å². The number of hydrogen-bond donors (Lipinski definition) is 0. The van der Waals surface area contributed by atoms with Crippen LogP contribution in [0.15, 0.2) is 103 Å². The molecule has 44 heavy (non-hydrogen) atoms. The number of carbonyl (C=O) groups excluding carboxylic acids is 4. The Labute approximate surface area is 270 Å². The molecule has 1 atom stereocenters. The number of anilines is 2. The van der Waals surface area contributed by atoms with E-state index in [1.165, 1.54) is 0 Å². The number of hydrazine groups is 1. The van der Waals surface area contributed by atoms with E-state index in [9.17, 15) is 0 Å². The summed E-state index contributed by atoms with van der Waals surface area (Å²) in [7, 11) is 0. The van der Waals surface area contributed by atoms with Crippen LogP contribution in [0.25, 0.3) is 0 Å². The first-order valence-corrected chi connectivity index (χ1v) is 12.8. The van der Waals surface area contributed by atoms with E-state index in [0.29, 0.717) is 5.88 Å². The molecule has 0 aromatic heterocycles. The average Bonchev–Trinajstić information content (AvgIpc) is 3.43. The summed E-state index contributed by atoms with van der Waals surface area (Å²) in [5.41, 5.74) is 6.22. The molecular weight excluding hydrogens is 600 g/mol. The minimum absolute atomic E-state index is 0. The molecule has 0 bridgehead atoms. The second kappa shape index (κ2) is 20.8. The van der Waals surface area contributed by atoms with Gasteiger partial charge in [-0.05, 0) is 74.2 Å². The molecule has 227 valence electrons. The Kier molecular flexibility index (Phi) is 18.5. The van der Waals surface area contributed by atoms with Crippen LogP contribution in [-0.4, -0.2) is 33.4 Å². The zero-order chi connectivity index (χ0) is 32.4. The largest absolute Gasteiger partial charge is 5.00 e. The fourth-order valence-electron chi connectivity index (χ4n) is 4.38. The first-order valence-electron chi connectivity index (χ1n) is 12.8. The van der Waals surface area contributed by atoms with E-state index in [4.69, 9.17) is 28.7 Å². The SMILES string of the molecule is Cc1cccc(C)c1OC1=[C-]C(Oc2c(C)cccc2C)N(c2ccccc2)N1c1ccccc1.[CH-]=O.[CH-]=O.[CH-]=O.[CH-]=O.[Fe+5]. The van der Waals surface area contributed by atoms with Gasteiger partial charge in [0.15, 0.2) is 0 Å². The molecule has 1 aliphatic rings. The number of rotatable bonds is 6. The van der Waals surface area contributed by atoms with Gasteiger partial charge in [-0.3, -0.25) is 37.2 Å². The van der Waals surface area contributed by atoms with Gasteiger partial charge in [-0.1, -0.05) is 72.8 Å². The van der Waals surface area contributed by atoms with Gasteiger partial charge in [0, 0.05) is 5.88 Å². The summed E-state index contributed by atoms with van der Waals surface area (Å²) < 4.78 is 13.3. The molecule has 5 rings (SSSR count). The molecule has 0 amide bonds. The van der Waals surface area contributed by atoms with Crippen LogP contribution in [0.3, 0.4) is 0 Å². The molecule has 0 spiro atoms. The molecule has 8 nitrogen and oxygen atoms in total. The van der Waals surface area contributed by atoms with Crippen LogP contribution in [0.4, 0.5) is 11.4 Å². The zero-order valence-electron chi connectivity index (χ0n) is 24.8. The number of nitrogens with zero attached hydrogens (tertiary/aromatic N) is 2. The van der Waals surface area contributed by atoms with Crippen molar-refractivity contribution >= 4 is 38.5 Å². The van der Waals surface area contributed by atoms with E-state index in [1.54, 1.807) is 0 Å². The maximum atomic E-state index is 7.75. The van der Waals surface area contributed by atoms with Crippen LogP contribution in [0.5, 0.6) is 11.5 Å². The van der Waals surface area contributed by atoms with E-state index in [1.807, 2.05) is 53.5 Å². The van der Waals surface area contributed by atoms with E-state index in [0.717, 1.165) is 45.1 Å². The van der Waals surface area contributed by atoms with Gasteiger partial charge in [0.05, 0.1) is 17.6 Å². The molecule has 1 heterocycles. The fraction of sp³-hybridized carbons (Fsp3) is 0.143. The molecular formula is C35H33FeN2O6. The summed E-state index contributed by atoms with van der Waals surface area (Å²) in [6.45, 7) is 21.3. The summed E-state index contributed by atoms with van der Waals surface area (Å²) in [6.07, 6.45) is 2.99. The minimum atomic E-state index is -0.531. The number of para-hydroxylation sites is 4. The Morgan fingerprint density at radius 2 is 0.932 bits per heavy atom. The van der Waals surface area contributed by atoms with Crippen molar-refractivity contribution in [3.63, 3.8) is 0 Å². The van der Waals surface area contributed by atoms with Gasteiger partial charge in [-0.2, -0.15) is 0 Å². The second-order valence-electron chi connectivity index (χ2n) is 8.79. The number of aryl methyl sites for hydroxylation is 4. The third-order valence-electron chi connectivity index (χ3n) is 6.14. The van der Waals surface area contributed by atoms with E-state index < -0.39 is 6.23 Å². The normalized spacial score (nSPS) is 12.5. The Morgan fingerprint density at radius 3 is 1.36 bits per heavy atom. The van der Waals surface area contributed by atoms with Crippen LogP contribution < -0.4 is 19.5 Å². The molecule has 1 radical (unpaired) electrons.